The maximum atomic E-state index is 12.8. The summed E-state index contributed by atoms with van der Waals surface area (Å²) >= 11 is 0. The van der Waals surface area contributed by atoms with Crippen LogP contribution in [0.15, 0.2) is 70.1 Å². The third-order valence-corrected chi connectivity index (χ3v) is 5.01. The van der Waals surface area contributed by atoms with Crippen molar-refractivity contribution in [3.63, 3.8) is 0 Å². The Morgan fingerprint density at radius 2 is 1.68 bits per heavy atom. The first-order chi connectivity index (χ1) is 17.4. The van der Waals surface area contributed by atoms with E-state index in [-0.39, 0.29) is 11.0 Å². The summed E-state index contributed by atoms with van der Waals surface area (Å²) in [5, 5.41) is 20.2. The third-order valence-electron chi connectivity index (χ3n) is 5.01. The molecule has 3 aromatic heterocycles. The number of carboxylic acid groups (broad SMARTS) is 2. The smallest absolute Gasteiger partial charge is 0.478 e. The second kappa shape index (κ2) is 10.9. The summed E-state index contributed by atoms with van der Waals surface area (Å²) in [5.74, 6) is -3.37. The van der Waals surface area contributed by atoms with Gasteiger partial charge in [0.25, 0.3) is 0 Å². The number of pyridine rings is 2. The van der Waals surface area contributed by atoms with E-state index in [1.54, 1.807) is 55.7 Å². The van der Waals surface area contributed by atoms with Crippen LogP contribution in [-0.2, 0) is 4.79 Å². The first-order valence-corrected chi connectivity index (χ1v) is 10.6. The van der Waals surface area contributed by atoms with Crippen LogP contribution < -0.4 is 10.7 Å². The molecule has 0 saturated carbocycles. The van der Waals surface area contributed by atoms with Gasteiger partial charge in [-0.15, -0.1) is 0 Å². The van der Waals surface area contributed by atoms with E-state index in [9.17, 15) is 27.9 Å². The van der Waals surface area contributed by atoms with E-state index in [1.165, 1.54) is 12.1 Å². The Balaban J connectivity index is 0.000000479. The lowest BCUT2D eigenvalue weighted by Gasteiger charge is -2.18. The van der Waals surface area contributed by atoms with Gasteiger partial charge in [0.1, 0.15) is 11.5 Å². The van der Waals surface area contributed by atoms with Gasteiger partial charge in [-0.25, -0.2) is 9.59 Å². The van der Waals surface area contributed by atoms with Crippen LogP contribution in [0.1, 0.15) is 34.7 Å². The molecule has 3 N–H and O–H groups in total. The minimum atomic E-state index is -5.08. The van der Waals surface area contributed by atoms with Gasteiger partial charge in [-0.3, -0.25) is 14.8 Å². The van der Waals surface area contributed by atoms with Crippen LogP contribution in [0.4, 0.5) is 18.9 Å². The van der Waals surface area contributed by atoms with Crippen molar-refractivity contribution in [3.05, 3.63) is 88.1 Å². The first-order valence-electron chi connectivity index (χ1n) is 10.6. The molecule has 192 valence electrons. The van der Waals surface area contributed by atoms with E-state index < -0.39 is 24.2 Å². The summed E-state index contributed by atoms with van der Waals surface area (Å²) in [4.78, 5) is 41.8. The summed E-state index contributed by atoms with van der Waals surface area (Å²) < 4.78 is 37.8. The van der Waals surface area contributed by atoms with E-state index in [2.05, 4.69) is 15.3 Å². The number of halogens is 3. The Morgan fingerprint density at radius 1 is 1.05 bits per heavy atom. The number of aromatic carboxylic acids is 1. The second-order valence-electron chi connectivity index (χ2n) is 7.76. The SMILES string of the molecule is Cc1cc2c(=O)cc(-c3ccncc3)oc2c([C@@H](C)Nc2ccccc2C(=O)O)n1.O=C(O)C(F)(F)F. The summed E-state index contributed by atoms with van der Waals surface area (Å²) in [6.45, 7) is 3.65. The zero-order valence-corrected chi connectivity index (χ0v) is 19.4. The van der Waals surface area contributed by atoms with Crippen LogP contribution in [0.5, 0.6) is 0 Å². The fraction of sp³-hybridized carbons (Fsp3) is 0.160. The zero-order valence-electron chi connectivity index (χ0n) is 19.4. The predicted molar refractivity (Wildman–Crippen MR) is 127 cm³/mol. The zero-order chi connectivity index (χ0) is 27.3. The van der Waals surface area contributed by atoms with Crippen LogP contribution in [-0.4, -0.2) is 38.3 Å². The van der Waals surface area contributed by atoms with Gasteiger partial charge >= 0.3 is 18.1 Å². The monoisotopic (exact) mass is 515 g/mol. The maximum absolute atomic E-state index is 12.8. The molecule has 0 aliphatic heterocycles. The molecular formula is C25H20F3N3O6. The summed E-state index contributed by atoms with van der Waals surface area (Å²) in [6, 6.07) is 12.9. The van der Waals surface area contributed by atoms with E-state index in [0.717, 1.165) is 5.56 Å². The number of carbonyl (C=O) groups is 2. The van der Waals surface area contributed by atoms with Crippen LogP contribution in [0.3, 0.4) is 0 Å². The number of aliphatic carboxylic acids is 1. The Morgan fingerprint density at radius 3 is 2.27 bits per heavy atom. The van der Waals surface area contributed by atoms with Crippen molar-refractivity contribution in [1.82, 2.24) is 9.97 Å². The molecule has 9 nitrogen and oxygen atoms in total. The molecule has 4 rings (SSSR count). The van der Waals surface area contributed by atoms with E-state index in [1.807, 2.05) is 6.92 Å². The molecule has 0 aliphatic carbocycles. The minimum absolute atomic E-state index is 0.153. The maximum Gasteiger partial charge on any atom is 0.490 e. The van der Waals surface area contributed by atoms with Crippen molar-refractivity contribution in [2.75, 3.05) is 5.32 Å². The molecular weight excluding hydrogens is 495 g/mol. The van der Waals surface area contributed by atoms with E-state index in [4.69, 9.17) is 14.3 Å². The van der Waals surface area contributed by atoms with Gasteiger partial charge in [-0.2, -0.15) is 13.2 Å². The molecule has 0 unspecified atom stereocenters. The molecule has 0 aliphatic rings. The Hall–Kier alpha value is -4.74. The number of aryl methyl sites for hydroxylation is 1. The molecule has 1 atom stereocenters. The van der Waals surface area contributed by atoms with E-state index >= 15 is 0 Å². The molecule has 37 heavy (non-hydrogen) atoms. The number of fused-ring (bicyclic) bond motifs is 1. The Bertz CT molecular complexity index is 1500. The van der Waals surface area contributed by atoms with Crippen molar-refractivity contribution in [3.8, 4) is 11.3 Å². The van der Waals surface area contributed by atoms with Gasteiger partial charge in [-0.1, -0.05) is 12.1 Å². The van der Waals surface area contributed by atoms with Crippen LogP contribution in [0.25, 0.3) is 22.3 Å². The quantitative estimate of drug-likeness (QED) is 0.332. The number of benzene rings is 1. The minimum Gasteiger partial charge on any atom is -0.478 e. The highest BCUT2D eigenvalue weighted by Gasteiger charge is 2.38. The molecule has 0 bridgehead atoms. The van der Waals surface area contributed by atoms with Crippen molar-refractivity contribution in [2.24, 2.45) is 0 Å². The molecule has 0 fully saturated rings. The Kier molecular flexibility index (Phi) is 7.91. The van der Waals surface area contributed by atoms with Crippen LogP contribution >= 0.6 is 0 Å². The fourth-order valence-electron chi connectivity index (χ4n) is 3.36. The molecule has 4 aromatic rings. The van der Waals surface area contributed by atoms with E-state index in [0.29, 0.717) is 33.8 Å². The van der Waals surface area contributed by atoms with Crippen molar-refractivity contribution in [1.29, 1.82) is 0 Å². The van der Waals surface area contributed by atoms with Crippen LogP contribution in [0, 0.1) is 6.92 Å². The highest BCUT2D eigenvalue weighted by Crippen LogP contribution is 2.29. The number of anilines is 1. The van der Waals surface area contributed by atoms with Gasteiger partial charge < -0.3 is 19.9 Å². The first kappa shape index (κ1) is 26.9. The molecule has 0 amide bonds. The average molecular weight is 515 g/mol. The van der Waals surface area contributed by atoms with Crippen molar-refractivity contribution >= 4 is 28.6 Å². The Labute approximate surface area is 207 Å². The van der Waals surface area contributed by atoms with Gasteiger partial charge in [-0.05, 0) is 44.2 Å². The van der Waals surface area contributed by atoms with Gasteiger partial charge in [0, 0.05) is 35.4 Å². The number of rotatable bonds is 5. The standard InChI is InChI=1S/C23H19N3O4.C2HF3O2/c1-13-11-17-19(27)12-20(15-7-9-24-10-8-15)30-22(17)21(25-13)14(2)26-18-6-4-3-5-16(18)23(28)29;3-2(4,5)1(6)7/h3-12,14,26H,1-2H3,(H,28,29);(H,6,7)/t14-;/m1./s1. The number of nitrogens with zero attached hydrogens (tertiary/aromatic N) is 2. The van der Waals surface area contributed by atoms with Gasteiger partial charge in [0.15, 0.2) is 11.0 Å². The number of nitrogens with one attached hydrogen (secondary N) is 1. The number of hydrogen-bond donors (Lipinski definition) is 3. The van der Waals surface area contributed by atoms with Gasteiger partial charge in [0.05, 0.1) is 17.0 Å². The predicted octanol–water partition coefficient (Wildman–Crippen LogP) is 5.06. The number of carboxylic acids is 2. The number of para-hydroxylation sites is 1. The summed E-state index contributed by atoms with van der Waals surface area (Å²) in [6.07, 6.45) is -1.83. The number of hydrogen-bond acceptors (Lipinski definition) is 7. The number of aromatic nitrogens is 2. The molecule has 3 heterocycles. The normalized spacial score (nSPS) is 11.8. The molecule has 0 radical (unpaired) electrons. The fourth-order valence-corrected chi connectivity index (χ4v) is 3.36. The summed E-state index contributed by atoms with van der Waals surface area (Å²) in [7, 11) is 0. The van der Waals surface area contributed by atoms with Crippen molar-refractivity contribution in [2.45, 2.75) is 26.1 Å². The molecule has 1 aromatic carbocycles. The van der Waals surface area contributed by atoms with Crippen molar-refractivity contribution < 1.29 is 37.4 Å². The average Bonchev–Trinajstić information content (AvgIpc) is 2.84. The molecule has 12 heteroatoms. The topological polar surface area (TPSA) is 143 Å². The highest BCUT2D eigenvalue weighted by molar-refractivity contribution is 5.94. The van der Waals surface area contributed by atoms with Gasteiger partial charge in [0.2, 0.25) is 0 Å². The largest absolute Gasteiger partial charge is 0.490 e. The molecule has 0 saturated heterocycles. The third kappa shape index (κ3) is 6.48. The summed E-state index contributed by atoms with van der Waals surface area (Å²) in [5.41, 5.74) is 2.73. The lowest BCUT2D eigenvalue weighted by Crippen LogP contribution is -2.21. The number of alkyl halides is 3. The lowest BCUT2D eigenvalue weighted by molar-refractivity contribution is -0.192. The molecule has 0 spiro atoms. The highest BCUT2D eigenvalue weighted by atomic mass is 19.4. The van der Waals surface area contributed by atoms with Crippen LogP contribution in [0.2, 0.25) is 0 Å². The lowest BCUT2D eigenvalue weighted by atomic mass is 10.1. The second-order valence-corrected chi connectivity index (χ2v) is 7.76.